The number of ether oxygens (including phenoxy) is 2. The van der Waals surface area contributed by atoms with Crippen molar-refractivity contribution >= 4 is 11.6 Å². The zero-order valence-electron chi connectivity index (χ0n) is 7.77. The molecule has 0 saturated heterocycles. The molecule has 0 saturated carbocycles. The van der Waals surface area contributed by atoms with Gasteiger partial charge in [0.25, 0.3) is 0 Å². The molecule has 84 valence electrons. The van der Waals surface area contributed by atoms with Crippen LogP contribution in [0.15, 0.2) is 18.2 Å². The largest absolute Gasteiger partial charge is 0.573 e. The molecule has 0 unspecified atom stereocenters. The molecule has 0 aliphatic rings. The molecule has 0 radical (unpaired) electrons. The van der Waals surface area contributed by atoms with Crippen molar-refractivity contribution in [2.45, 2.75) is 12.2 Å². The molecule has 0 aliphatic heterocycles. The second kappa shape index (κ2) is 4.61. The van der Waals surface area contributed by atoms with Crippen molar-refractivity contribution in [3.63, 3.8) is 0 Å². The second-order valence-electron chi connectivity index (χ2n) is 2.66. The maximum Gasteiger partial charge on any atom is 0.573 e. The molecule has 0 bridgehead atoms. The third-order valence-electron chi connectivity index (χ3n) is 1.64. The number of alkyl halides is 4. The number of rotatable bonds is 3. The van der Waals surface area contributed by atoms with E-state index in [0.29, 0.717) is 0 Å². The maximum absolute atomic E-state index is 12.0. The van der Waals surface area contributed by atoms with E-state index < -0.39 is 6.36 Å². The van der Waals surface area contributed by atoms with E-state index in [1.807, 2.05) is 0 Å². The highest BCUT2D eigenvalue weighted by molar-refractivity contribution is 6.17. The summed E-state index contributed by atoms with van der Waals surface area (Å²) in [6, 6.07) is 4.08. The average Bonchev–Trinajstić information content (AvgIpc) is 2.15. The van der Waals surface area contributed by atoms with Gasteiger partial charge in [0, 0.05) is 11.6 Å². The van der Waals surface area contributed by atoms with E-state index in [1.165, 1.54) is 19.2 Å². The first-order valence-corrected chi connectivity index (χ1v) is 4.48. The van der Waals surface area contributed by atoms with E-state index in [4.69, 9.17) is 16.3 Å². The SMILES string of the molecule is COc1ccc(CCl)c(OC(F)(F)F)c1. The van der Waals surface area contributed by atoms with E-state index in [2.05, 4.69) is 4.74 Å². The summed E-state index contributed by atoms with van der Waals surface area (Å²) in [5.41, 5.74) is 0.259. The van der Waals surface area contributed by atoms with Gasteiger partial charge in [-0.15, -0.1) is 24.8 Å². The van der Waals surface area contributed by atoms with E-state index in [0.717, 1.165) is 6.07 Å². The Bertz CT molecular complexity index is 339. The monoisotopic (exact) mass is 240 g/mol. The average molecular weight is 241 g/mol. The topological polar surface area (TPSA) is 18.5 Å². The van der Waals surface area contributed by atoms with Crippen molar-refractivity contribution < 1.29 is 22.6 Å². The van der Waals surface area contributed by atoms with Crippen LogP contribution in [0.5, 0.6) is 11.5 Å². The van der Waals surface area contributed by atoms with Crippen molar-refractivity contribution in [2.24, 2.45) is 0 Å². The summed E-state index contributed by atoms with van der Waals surface area (Å²) in [5, 5.41) is 0. The lowest BCUT2D eigenvalue weighted by Gasteiger charge is -2.12. The van der Waals surface area contributed by atoms with E-state index in [1.54, 1.807) is 0 Å². The fraction of sp³-hybridized carbons (Fsp3) is 0.333. The normalized spacial score (nSPS) is 11.3. The third kappa shape index (κ3) is 3.51. The fourth-order valence-corrected chi connectivity index (χ4v) is 1.21. The quantitative estimate of drug-likeness (QED) is 0.755. The standard InChI is InChI=1S/C9H8ClF3O2/c1-14-7-3-2-6(5-10)8(4-7)15-9(11,12)13/h2-4H,5H2,1H3. The zero-order chi connectivity index (χ0) is 11.5. The lowest BCUT2D eigenvalue weighted by atomic mass is 10.2. The van der Waals surface area contributed by atoms with Gasteiger partial charge < -0.3 is 9.47 Å². The Morgan fingerprint density at radius 2 is 2.00 bits per heavy atom. The van der Waals surface area contributed by atoms with Crippen LogP contribution in [0.25, 0.3) is 0 Å². The Hall–Kier alpha value is -1.10. The molecule has 1 aromatic carbocycles. The fourth-order valence-electron chi connectivity index (χ4n) is 0.992. The summed E-state index contributed by atoms with van der Waals surface area (Å²) in [4.78, 5) is 0. The third-order valence-corrected chi connectivity index (χ3v) is 1.93. The summed E-state index contributed by atoms with van der Waals surface area (Å²) in [7, 11) is 1.35. The first-order chi connectivity index (χ1) is 6.96. The summed E-state index contributed by atoms with van der Waals surface area (Å²) >= 11 is 5.47. The maximum atomic E-state index is 12.0. The highest BCUT2D eigenvalue weighted by atomic mass is 35.5. The molecule has 1 aromatic rings. The van der Waals surface area contributed by atoms with Crippen LogP contribution in [0.2, 0.25) is 0 Å². The van der Waals surface area contributed by atoms with Crippen LogP contribution in [0.1, 0.15) is 5.56 Å². The molecular weight excluding hydrogens is 233 g/mol. The molecule has 6 heteroatoms. The molecule has 0 fully saturated rings. The van der Waals surface area contributed by atoms with Gasteiger partial charge in [-0.3, -0.25) is 0 Å². The Morgan fingerprint density at radius 3 is 2.47 bits per heavy atom. The minimum absolute atomic E-state index is 0.0601. The van der Waals surface area contributed by atoms with Crippen LogP contribution >= 0.6 is 11.6 Å². The smallest absolute Gasteiger partial charge is 0.497 e. The molecule has 2 nitrogen and oxygen atoms in total. The van der Waals surface area contributed by atoms with Gasteiger partial charge in [-0.1, -0.05) is 6.07 Å². The van der Waals surface area contributed by atoms with E-state index in [-0.39, 0.29) is 22.9 Å². The van der Waals surface area contributed by atoms with Gasteiger partial charge in [0.2, 0.25) is 0 Å². The van der Waals surface area contributed by atoms with Crippen molar-refractivity contribution in [1.82, 2.24) is 0 Å². The Balaban J connectivity index is 3.01. The first kappa shape index (κ1) is 12.0. The van der Waals surface area contributed by atoms with Crippen LogP contribution in [0.3, 0.4) is 0 Å². The van der Waals surface area contributed by atoms with E-state index in [9.17, 15) is 13.2 Å². The minimum Gasteiger partial charge on any atom is -0.497 e. The molecule has 0 spiro atoms. The van der Waals surface area contributed by atoms with Crippen molar-refractivity contribution in [1.29, 1.82) is 0 Å². The number of benzene rings is 1. The van der Waals surface area contributed by atoms with Gasteiger partial charge in [0.1, 0.15) is 11.5 Å². The lowest BCUT2D eigenvalue weighted by Crippen LogP contribution is -2.18. The van der Waals surface area contributed by atoms with Crippen LogP contribution < -0.4 is 9.47 Å². The van der Waals surface area contributed by atoms with E-state index >= 15 is 0 Å². The second-order valence-corrected chi connectivity index (χ2v) is 2.92. The number of hydrogen-bond acceptors (Lipinski definition) is 2. The van der Waals surface area contributed by atoms with Gasteiger partial charge in [-0.25, -0.2) is 0 Å². The molecule has 0 heterocycles. The van der Waals surface area contributed by atoms with Crippen molar-refractivity contribution in [2.75, 3.05) is 7.11 Å². The summed E-state index contributed by atoms with van der Waals surface area (Å²) in [6.07, 6.45) is -4.73. The number of methoxy groups -OCH3 is 1. The summed E-state index contributed by atoms with van der Waals surface area (Å²) < 4.78 is 44.5. The van der Waals surface area contributed by atoms with Gasteiger partial charge in [-0.05, 0) is 6.07 Å². The molecular formula is C9H8ClF3O2. The molecule has 1 rings (SSSR count). The Labute approximate surface area is 89.6 Å². The highest BCUT2D eigenvalue weighted by Gasteiger charge is 2.32. The predicted molar refractivity (Wildman–Crippen MR) is 49.2 cm³/mol. The zero-order valence-corrected chi connectivity index (χ0v) is 8.52. The van der Waals surface area contributed by atoms with Gasteiger partial charge in [-0.2, -0.15) is 0 Å². The van der Waals surface area contributed by atoms with Gasteiger partial charge in [0.05, 0.1) is 13.0 Å². The van der Waals surface area contributed by atoms with Gasteiger partial charge >= 0.3 is 6.36 Å². The molecule has 0 aromatic heterocycles. The number of halogens is 4. The molecule has 0 amide bonds. The van der Waals surface area contributed by atoms with Crippen LogP contribution in [-0.4, -0.2) is 13.5 Å². The molecule has 0 aliphatic carbocycles. The van der Waals surface area contributed by atoms with Crippen LogP contribution in [0.4, 0.5) is 13.2 Å². The molecule has 15 heavy (non-hydrogen) atoms. The van der Waals surface area contributed by atoms with Crippen LogP contribution in [-0.2, 0) is 5.88 Å². The molecule has 0 atom stereocenters. The number of hydrogen-bond donors (Lipinski definition) is 0. The van der Waals surface area contributed by atoms with Crippen LogP contribution in [0, 0.1) is 0 Å². The highest BCUT2D eigenvalue weighted by Crippen LogP contribution is 2.30. The lowest BCUT2D eigenvalue weighted by molar-refractivity contribution is -0.274. The Kier molecular flexibility index (Phi) is 3.68. The van der Waals surface area contributed by atoms with Crippen molar-refractivity contribution in [3.8, 4) is 11.5 Å². The first-order valence-electron chi connectivity index (χ1n) is 3.95. The van der Waals surface area contributed by atoms with Crippen molar-refractivity contribution in [3.05, 3.63) is 23.8 Å². The summed E-state index contributed by atoms with van der Waals surface area (Å²) in [5.74, 6) is -0.116. The minimum atomic E-state index is -4.73. The summed E-state index contributed by atoms with van der Waals surface area (Å²) in [6.45, 7) is 0. The van der Waals surface area contributed by atoms with Gasteiger partial charge in [0.15, 0.2) is 0 Å². The Morgan fingerprint density at radius 1 is 1.33 bits per heavy atom. The molecule has 0 N–H and O–H groups in total. The predicted octanol–water partition coefficient (Wildman–Crippen LogP) is 3.33.